The van der Waals surface area contributed by atoms with E-state index in [2.05, 4.69) is 18.9 Å². The first-order valence-electron chi connectivity index (χ1n) is 9.35. The van der Waals surface area contributed by atoms with Crippen LogP contribution in [-0.2, 0) is 15.6 Å². The number of nitrogens with one attached hydrogen (secondary N) is 1. The second-order valence-corrected chi connectivity index (χ2v) is 8.51. The Morgan fingerprint density at radius 2 is 2.08 bits per heavy atom. The van der Waals surface area contributed by atoms with Gasteiger partial charge in [-0.25, -0.2) is 5.48 Å². The molecule has 146 valence electrons. The summed E-state index contributed by atoms with van der Waals surface area (Å²) in [7, 11) is 0.562. The van der Waals surface area contributed by atoms with Gasteiger partial charge in [-0.05, 0) is 44.2 Å². The first-order chi connectivity index (χ1) is 12.5. The second kappa shape index (κ2) is 10.6. The molecule has 1 aromatic rings. The summed E-state index contributed by atoms with van der Waals surface area (Å²) >= 11 is 0. The third-order valence-corrected chi connectivity index (χ3v) is 6.39. The molecule has 1 saturated heterocycles. The average Bonchev–Trinajstić information content (AvgIpc) is 3.06. The Balaban J connectivity index is 1.97. The van der Waals surface area contributed by atoms with Crippen molar-refractivity contribution in [3.63, 3.8) is 0 Å². The third-order valence-electron chi connectivity index (χ3n) is 4.69. The summed E-state index contributed by atoms with van der Waals surface area (Å²) < 4.78 is 18.7. The van der Waals surface area contributed by atoms with Crippen LogP contribution in [0.3, 0.4) is 0 Å². The van der Waals surface area contributed by atoms with Crippen molar-refractivity contribution in [2.75, 3.05) is 20.1 Å². The third kappa shape index (κ3) is 6.07. The highest BCUT2D eigenvalue weighted by atomic mass is 32.2. The van der Waals surface area contributed by atoms with Crippen LogP contribution in [0.2, 0.25) is 0 Å². The van der Waals surface area contributed by atoms with Gasteiger partial charge in [-0.15, -0.1) is 0 Å². The van der Waals surface area contributed by atoms with Gasteiger partial charge >= 0.3 is 0 Å². The van der Waals surface area contributed by atoms with Crippen LogP contribution in [0.4, 0.5) is 0 Å². The van der Waals surface area contributed by atoms with Crippen LogP contribution in [0.1, 0.15) is 45.4 Å². The molecule has 2 rings (SSSR count). The number of carbonyl (C=O) groups is 1. The van der Waals surface area contributed by atoms with Gasteiger partial charge < -0.3 is 9.64 Å². The molecule has 3 unspecified atom stereocenters. The summed E-state index contributed by atoms with van der Waals surface area (Å²) in [6, 6.07) is 7.09. The van der Waals surface area contributed by atoms with Crippen LogP contribution in [0.25, 0.3) is 0 Å². The fourth-order valence-corrected chi connectivity index (χ4v) is 4.52. The number of likely N-dealkylation sites (N-methyl/N-ethyl adjacent to an activating group) is 1. The molecular weight excluding hydrogens is 352 g/mol. The van der Waals surface area contributed by atoms with Crippen LogP contribution < -0.4 is 10.2 Å². The number of carbonyl (C=O) groups excluding carboxylic acids is 1. The summed E-state index contributed by atoms with van der Waals surface area (Å²) in [6.07, 6.45) is 5.66. The molecule has 0 aromatic heterocycles. The Morgan fingerprint density at radius 3 is 2.65 bits per heavy atom. The highest BCUT2D eigenvalue weighted by Gasteiger charge is 2.26. The number of ether oxygens (including phenoxy) is 1. The minimum absolute atomic E-state index is 0.183. The zero-order chi connectivity index (χ0) is 18.9. The van der Waals surface area contributed by atoms with Gasteiger partial charge in [-0.1, -0.05) is 32.6 Å². The lowest BCUT2D eigenvalue weighted by molar-refractivity contribution is -0.128. The smallest absolute Gasteiger partial charge is 0.259 e. The molecule has 7 heteroatoms. The van der Waals surface area contributed by atoms with Crippen molar-refractivity contribution in [2.45, 2.75) is 61.7 Å². The molecule has 0 spiro atoms. The van der Waals surface area contributed by atoms with Gasteiger partial charge in [0.15, 0.2) is 0 Å². The average molecular weight is 383 g/mol. The molecule has 1 aromatic carbocycles. The van der Waals surface area contributed by atoms with E-state index in [-0.39, 0.29) is 6.10 Å². The molecule has 0 radical (unpaired) electrons. The Labute approximate surface area is 158 Å². The van der Waals surface area contributed by atoms with Crippen LogP contribution in [0.5, 0.6) is 5.75 Å². The molecule has 0 bridgehead atoms. The van der Waals surface area contributed by atoms with E-state index in [1.807, 2.05) is 0 Å². The number of hydrogen-bond acceptors (Lipinski definition) is 5. The topological polar surface area (TPSA) is 78.9 Å². The number of nitrogens with zero attached hydrogens (tertiary/aromatic N) is 1. The number of rotatable bonds is 10. The van der Waals surface area contributed by atoms with E-state index in [1.165, 1.54) is 0 Å². The molecule has 26 heavy (non-hydrogen) atoms. The number of hydrogen-bond donors (Lipinski definition) is 2. The van der Waals surface area contributed by atoms with Crippen molar-refractivity contribution in [2.24, 2.45) is 0 Å². The van der Waals surface area contributed by atoms with E-state index < -0.39 is 22.0 Å². The molecule has 0 aliphatic carbocycles. The van der Waals surface area contributed by atoms with Crippen molar-refractivity contribution in [3.8, 4) is 5.75 Å². The van der Waals surface area contributed by atoms with Gasteiger partial charge in [0, 0.05) is 18.0 Å². The zero-order valence-electron chi connectivity index (χ0n) is 15.6. The second-order valence-electron chi connectivity index (χ2n) is 6.87. The fourth-order valence-electron chi connectivity index (χ4n) is 3.16. The zero-order valence-corrected chi connectivity index (χ0v) is 16.5. The van der Waals surface area contributed by atoms with Crippen molar-refractivity contribution in [1.82, 2.24) is 10.4 Å². The molecule has 6 nitrogen and oxygen atoms in total. The van der Waals surface area contributed by atoms with Gasteiger partial charge in [-0.3, -0.25) is 14.2 Å². The minimum Gasteiger partial charge on any atom is -0.489 e. The summed E-state index contributed by atoms with van der Waals surface area (Å²) in [5.41, 5.74) is 1.66. The lowest BCUT2D eigenvalue weighted by Crippen LogP contribution is -2.35. The van der Waals surface area contributed by atoms with Crippen molar-refractivity contribution < 1.29 is 18.9 Å². The normalized spacial score (nSPS) is 19.9. The van der Waals surface area contributed by atoms with Crippen LogP contribution in [0.15, 0.2) is 29.2 Å². The minimum atomic E-state index is -1.51. The van der Waals surface area contributed by atoms with E-state index in [0.29, 0.717) is 11.3 Å². The SMILES string of the molecule is CCCCCCC(C(=O)NO)S(=O)c1ccc(OC2CCN(C)C2)cc1. The van der Waals surface area contributed by atoms with Crippen LogP contribution in [0, 0.1) is 0 Å². The van der Waals surface area contributed by atoms with Gasteiger partial charge in [0.05, 0.1) is 10.8 Å². The van der Waals surface area contributed by atoms with E-state index in [9.17, 15) is 9.00 Å². The summed E-state index contributed by atoms with van der Waals surface area (Å²) in [5.74, 6) is 0.159. The molecule has 1 fully saturated rings. The predicted octanol–water partition coefficient (Wildman–Crippen LogP) is 2.72. The molecule has 2 N–H and O–H groups in total. The standard InChI is InChI=1S/C19H30N2O4S/c1-3-4-5-6-7-18(19(22)20-23)26(24)17-10-8-15(9-11-17)25-16-12-13-21(2)14-16/h8-11,16,18,23H,3-7,12-14H2,1-2H3,(H,20,22). The molecule has 1 amide bonds. The molecule has 0 saturated carbocycles. The van der Waals surface area contributed by atoms with Crippen LogP contribution in [-0.4, -0.2) is 51.7 Å². The number of benzene rings is 1. The first kappa shape index (κ1) is 20.9. The Hall–Kier alpha value is -1.44. The van der Waals surface area contributed by atoms with Crippen molar-refractivity contribution in [1.29, 1.82) is 0 Å². The van der Waals surface area contributed by atoms with Gasteiger partial charge in [0.2, 0.25) is 0 Å². The fraction of sp³-hybridized carbons (Fsp3) is 0.632. The highest BCUT2D eigenvalue weighted by Crippen LogP contribution is 2.22. The van der Waals surface area contributed by atoms with Gasteiger partial charge in [0.25, 0.3) is 5.91 Å². The highest BCUT2D eigenvalue weighted by molar-refractivity contribution is 7.86. The monoisotopic (exact) mass is 382 g/mol. The van der Waals surface area contributed by atoms with Gasteiger partial charge in [0.1, 0.15) is 17.1 Å². The summed E-state index contributed by atoms with van der Waals surface area (Å²) in [6.45, 7) is 4.05. The van der Waals surface area contributed by atoms with Crippen LogP contribution >= 0.6 is 0 Å². The molecular formula is C19H30N2O4S. The van der Waals surface area contributed by atoms with E-state index >= 15 is 0 Å². The van der Waals surface area contributed by atoms with E-state index in [4.69, 9.17) is 9.94 Å². The largest absolute Gasteiger partial charge is 0.489 e. The lowest BCUT2D eigenvalue weighted by Gasteiger charge is -2.16. The molecule has 1 heterocycles. The van der Waals surface area contributed by atoms with E-state index in [0.717, 1.165) is 50.9 Å². The predicted molar refractivity (Wildman–Crippen MR) is 102 cm³/mol. The number of likely N-dealkylation sites (tertiary alicyclic amines) is 1. The maximum atomic E-state index is 12.8. The van der Waals surface area contributed by atoms with Crippen molar-refractivity contribution >= 4 is 16.7 Å². The maximum Gasteiger partial charge on any atom is 0.259 e. The van der Waals surface area contributed by atoms with E-state index in [1.54, 1.807) is 29.7 Å². The number of hydroxylamine groups is 1. The maximum absolute atomic E-state index is 12.8. The van der Waals surface area contributed by atoms with Crippen molar-refractivity contribution in [3.05, 3.63) is 24.3 Å². The van der Waals surface area contributed by atoms with Gasteiger partial charge in [-0.2, -0.15) is 0 Å². The summed E-state index contributed by atoms with van der Waals surface area (Å²) in [5, 5.41) is 8.23. The molecule has 1 aliphatic rings. The Morgan fingerprint density at radius 1 is 1.35 bits per heavy atom. The molecule has 1 aliphatic heterocycles. The number of unbranched alkanes of at least 4 members (excludes halogenated alkanes) is 3. The lowest BCUT2D eigenvalue weighted by atomic mass is 10.1. The quantitative estimate of drug-likeness (QED) is 0.370. The Bertz CT molecular complexity index is 594. The molecule has 3 atom stereocenters. The first-order valence-corrected chi connectivity index (χ1v) is 10.6. The number of amides is 1. The summed E-state index contributed by atoms with van der Waals surface area (Å²) in [4.78, 5) is 14.7. The Kier molecular flexibility index (Phi) is 8.54.